The van der Waals surface area contributed by atoms with Crippen LogP contribution in [0.5, 0.6) is 0 Å². The number of amides is 1. The Balaban J connectivity index is 1.60. The van der Waals surface area contributed by atoms with Crippen molar-refractivity contribution >= 4 is 11.6 Å². The van der Waals surface area contributed by atoms with Crippen LogP contribution in [0.2, 0.25) is 0 Å². The van der Waals surface area contributed by atoms with Crippen LogP contribution in [0.1, 0.15) is 21.5 Å². The third-order valence-corrected chi connectivity index (χ3v) is 3.64. The molecule has 0 radical (unpaired) electrons. The number of hydrogen-bond donors (Lipinski definition) is 1. The number of nitrogens with one attached hydrogen (secondary N) is 1. The fourth-order valence-corrected chi connectivity index (χ4v) is 2.43. The number of carbonyl (C=O) groups is 1. The van der Waals surface area contributed by atoms with Gasteiger partial charge >= 0.3 is 0 Å². The van der Waals surface area contributed by atoms with E-state index in [1.807, 2.05) is 60.3 Å². The molecule has 0 unspecified atom stereocenters. The molecule has 3 aromatic rings. The predicted octanol–water partition coefficient (Wildman–Crippen LogP) is 3.69. The van der Waals surface area contributed by atoms with Crippen LogP contribution in [0.4, 0.5) is 5.69 Å². The molecule has 0 aliphatic carbocycles. The van der Waals surface area contributed by atoms with Gasteiger partial charge in [0.15, 0.2) is 0 Å². The Morgan fingerprint density at radius 3 is 2.74 bits per heavy atom. The summed E-state index contributed by atoms with van der Waals surface area (Å²) in [6, 6.07) is 17.8. The third kappa shape index (κ3) is 4.07. The van der Waals surface area contributed by atoms with Crippen LogP contribution in [0.25, 0.3) is 0 Å². The maximum atomic E-state index is 12.2. The Bertz CT molecular complexity index is 793. The minimum atomic E-state index is -0.115. The SMILES string of the molecule is Cc1cccc(C(=O)Nc2cnn(CCc3ccccc3)c2)c1. The highest BCUT2D eigenvalue weighted by molar-refractivity contribution is 6.04. The van der Waals surface area contributed by atoms with E-state index >= 15 is 0 Å². The number of anilines is 1. The van der Waals surface area contributed by atoms with Crippen molar-refractivity contribution in [1.82, 2.24) is 9.78 Å². The second kappa shape index (κ2) is 6.92. The van der Waals surface area contributed by atoms with E-state index in [2.05, 4.69) is 22.5 Å². The smallest absolute Gasteiger partial charge is 0.255 e. The van der Waals surface area contributed by atoms with Crippen LogP contribution >= 0.6 is 0 Å². The first-order valence-electron chi connectivity index (χ1n) is 7.65. The van der Waals surface area contributed by atoms with Gasteiger partial charge in [-0.3, -0.25) is 9.48 Å². The summed E-state index contributed by atoms with van der Waals surface area (Å²) in [5.41, 5.74) is 3.70. The van der Waals surface area contributed by atoms with Gasteiger partial charge in [-0.1, -0.05) is 48.0 Å². The summed E-state index contributed by atoms with van der Waals surface area (Å²) < 4.78 is 1.85. The van der Waals surface area contributed by atoms with Gasteiger partial charge in [0, 0.05) is 18.3 Å². The highest BCUT2D eigenvalue weighted by Crippen LogP contribution is 2.10. The fourth-order valence-electron chi connectivity index (χ4n) is 2.43. The minimum absolute atomic E-state index is 0.115. The first-order valence-corrected chi connectivity index (χ1v) is 7.65. The number of nitrogens with zero attached hydrogens (tertiary/aromatic N) is 2. The van der Waals surface area contributed by atoms with Crippen LogP contribution in [-0.4, -0.2) is 15.7 Å². The molecule has 1 heterocycles. The summed E-state index contributed by atoms with van der Waals surface area (Å²) in [5, 5.41) is 7.18. The average molecular weight is 305 g/mol. The molecule has 23 heavy (non-hydrogen) atoms. The second-order valence-electron chi connectivity index (χ2n) is 5.55. The van der Waals surface area contributed by atoms with Crippen molar-refractivity contribution in [3.63, 3.8) is 0 Å². The number of carbonyl (C=O) groups excluding carboxylic acids is 1. The van der Waals surface area contributed by atoms with Crippen LogP contribution in [-0.2, 0) is 13.0 Å². The number of rotatable bonds is 5. The molecular formula is C19H19N3O. The third-order valence-electron chi connectivity index (χ3n) is 3.64. The van der Waals surface area contributed by atoms with Crippen LogP contribution in [0.3, 0.4) is 0 Å². The van der Waals surface area contributed by atoms with Crippen molar-refractivity contribution in [1.29, 1.82) is 0 Å². The summed E-state index contributed by atoms with van der Waals surface area (Å²) in [5.74, 6) is -0.115. The predicted molar refractivity (Wildman–Crippen MR) is 91.5 cm³/mol. The Hall–Kier alpha value is -2.88. The lowest BCUT2D eigenvalue weighted by Gasteiger charge is -2.03. The lowest BCUT2D eigenvalue weighted by Crippen LogP contribution is -2.11. The van der Waals surface area contributed by atoms with Gasteiger partial charge in [0.1, 0.15) is 0 Å². The molecule has 3 rings (SSSR count). The molecule has 0 aliphatic heterocycles. The molecule has 0 saturated heterocycles. The van der Waals surface area contributed by atoms with E-state index < -0.39 is 0 Å². The summed E-state index contributed by atoms with van der Waals surface area (Å²) >= 11 is 0. The molecule has 0 bridgehead atoms. The highest BCUT2D eigenvalue weighted by Gasteiger charge is 2.07. The minimum Gasteiger partial charge on any atom is -0.319 e. The molecule has 1 N–H and O–H groups in total. The molecular weight excluding hydrogens is 286 g/mol. The Morgan fingerprint density at radius 2 is 1.96 bits per heavy atom. The van der Waals surface area contributed by atoms with E-state index in [9.17, 15) is 4.79 Å². The number of benzene rings is 2. The van der Waals surface area contributed by atoms with Crippen molar-refractivity contribution in [2.45, 2.75) is 19.9 Å². The van der Waals surface area contributed by atoms with Crippen molar-refractivity contribution in [2.75, 3.05) is 5.32 Å². The standard InChI is InChI=1S/C19H19N3O/c1-15-6-5-9-17(12-15)19(23)21-18-13-20-22(14-18)11-10-16-7-3-2-4-8-16/h2-9,12-14H,10-11H2,1H3,(H,21,23). The zero-order valence-electron chi connectivity index (χ0n) is 13.1. The van der Waals surface area contributed by atoms with Gasteiger partial charge in [0.2, 0.25) is 0 Å². The van der Waals surface area contributed by atoms with Crippen molar-refractivity contribution in [3.05, 3.63) is 83.7 Å². The van der Waals surface area contributed by atoms with E-state index in [0.717, 1.165) is 18.5 Å². The molecule has 4 heteroatoms. The van der Waals surface area contributed by atoms with Gasteiger partial charge in [0.05, 0.1) is 11.9 Å². The summed E-state index contributed by atoms with van der Waals surface area (Å²) in [6.07, 6.45) is 4.45. The second-order valence-corrected chi connectivity index (χ2v) is 5.55. The average Bonchev–Trinajstić information content (AvgIpc) is 3.01. The molecule has 0 aliphatic rings. The van der Waals surface area contributed by atoms with Crippen LogP contribution < -0.4 is 5.32 Å². The lowest BCUT2D eigenvalue weighted by molar-refractivity contribution is 0.102. The van der Waals surface area contributed by atoms with E-state index in [-0.39, 0.29) is 5.91 Å². The Labute approximate surface area is 135 Å². The fraction of sp³-hybridized carbons (Fsp3) is 0.158. The number of aryl methyl sites for hydroxylation is 3. The molecule has 0 saturated carbocycles. The largest absolute Gasteiger partial charge is 0.319 e. The molecule has 1 aromatic heterocycles. The van der Waals surface area contributed by atoms with Gasteiger partial charge in [0.25, 0.3) is 5.91 Å². The molecule has 0 spiro atoms. The molecule has 116 valence electrons. The van der Waals surface area contributed by atoms with Gasteiger partial charge in [-0.15, -0.1) is 0 Å². The summed E-state index contributed by atoms with van der Waals surface area (Å²) in [6.45, 7) is 2.75. The van der Waals surface area contributed by atoms with E-state index in [0.29, 0.717) is 11.3 Å². The van der Waals surface area contributed by atoms with Gasteiger partial charge in [-0.2, -0.15) is 5.10 Å². The Kier molecular flexibility index (Phi) is 4.52. The molecule has 2 aromatic carbocycles. The normalized spacial score (nSPS) is 10.5. The molecule has 0 fully saturated rings. The van der Waals surface area contributed by atoms with Gasteiger partial charge < -0.3 is 5.32 Å². The topological polar surface area (TPSA) is 46.9 Å². The van der Waals surface area contributed by atoms with Gasteiger partial charge in [-0.05, 0) is 31.0 Å². The first kappa shape index (κ1) is 15.0. The van der Waals surface area contributed by atoms with Crippen LogP contribution in [0.15, 0.2) is 67.0 Å². The zero-order chi connectivity index (χ0) is 16.1. The first-order chi connectivity index (χ1) is 11.2. The summed E-state index contributed by atoms with van der Waals surface area (Å²) in [4.78, 5) is 12.2. The number of aromatic nitrogens is 2. The molecule has 1 amide bonds. The zero-order valence-corrected chi connectivity index (χ0v) is 13.1. The summed E-state index contributed by atoms with van der Waals surface area (Å²) in [7, 11) is 0. The van der Waals surface area contributed by atoms with E-state index in [1.165, 1.54) is 5.56 Å². The van der Waals surface area contributed by atoms with Gasteiger partial charge in [-0.25, -0.2) is 0 Å². The quantitative estimate of drug-likeness (QED) is 0.781. The highest BCUT2D eigenvalue weighted by atomic mass is 16.1. The Morgan fingerprint density at radius 1 is 1.13 bits per heavy atom. The lowest BCUT2D eigenvalue weighted by atomic mass is 10.1. The van der Waals surface area contributed by atoms with E-state index in [1.54, 1.807) is 6.20 Å². The maximum Gasteiger partial charge on any atom is 0.255 e. The monoisotopic (exact) mass is 305 g/mol. The number of hydrogen-bond acceptors (Lipinski definition) is 2. The van der Waals surface area contributed by atoms with Crippen molar-refractivity contribution in [3.8, 4) is 0 Å². The molecule has 4 nitrogen and oxygen atoms in total. The van der Waals surface area contributed by atoms with Crippen LogP contribution in [0, 0.1) is 6.92 Å². The van der Waals surface area contributed by atoms with E-state index in [4.69, 9.17) is 0 Å². The van der Waals surface area contributed by atoms with Crippen molar-refractivity contribution in [2.24, 2.45) is 0 Å². The molecule has 0 atom stereocenters. The maximum absolute atomic E-state index is 12.2. The van der Waals surface area contributed by atoms with Crippen molar-refractivity contribution < 1.29 is 4.79 Å².